The summed E-state index contributed by atoms with van der Waals surface area (Å²) in [6.45, 7) is 4.48. The van der Waals surface area contributed by atoms with Gasteiger partial charge in [0.25, 0.3) is 5.91 Å². The van der Waals surface area contributed by atoms with Gasteiger partial charge < -0.3 is 15.4 Å². The number of rotatable bonds is 6. The standard InChI is InChI=1S/C13H19ClN2O2.ClH/c1-9-6-11(4-5-12(9)14)18-8-13(17)16-7-10(2)15-3;/h4-6,10,15H,7-8H2,1-3H3,(H,16,17);1H. The molecular weight excluding hydrogens is 287 g/mol. The third-order valence-electron chi connectivity index (χ3n) is 2.60. The minimum atomic E-state index is -0.135. The quantitative estimate of drug-likeness (QED) is 0.847. The highest BCUT2D eigenvalue weighted by Crippen LogP contribution is 2.20. The van der Waals surface area contributed by atoms with Gasteiger partial charge in [0.05, 0.1) is 0 Å². The highest BCUT2D eigenvalue weighted by Gasteiger charge is 2.05. The van der Waals surface area contributed by atoms with Gasteiger partial charge in [0.1, 0.15) is 5.75 Å². The second kappa shape index (κ2) is 9.02. The molecule has 0 bridgehead atoms. The predicted octanol–water partition coefficient (Wildman–Crippen LogP) is 2.17. The monoisotopic (exact) mass is 306 g/mol. The lowest BCUT2D eigenvalue weighted by atomic mass is 10.2. The Balaban J connectivity index is 0.00000324. The predicted molar refractivity (Wildman–Crippen MR) is 80.5 cm³/mol. The number of aryl methyl sites for hydroxylation is 1. The molecule has 0 aliphatic heterocycles. The van der Waals surface area contributed by atoms with E-state index in [4.69, 9.17) is 16.3 Å². The van der Waals surface area contributed by atoms with Crippen molar-refractivity contribution in [3.05, 3.63) is 28.8 Å². The molecule has 0 aliphatic carbocycles. The normalized spacial score (nSPS) is 11.4. The summed E-state index contributed by atoms with van der Waals surface area (Å²) >= 11 is 5.90. The Bertz CT molecular complexity index is 414. The number of hydrogen-bond acceptors (Lipinski definition) is 3. The number of benzene rings is 1. The largest absolute Gasteiger partial charge is 0.484 e. The van der Waals surface area contributed by atoms with Crippen molar-refractivity contribution in [1.29, 1.82) is 0 Å². The van der Waals surface area contributed by atoms with Gasteiger partial charge in [-0.25, -0.2) is 0 Å². The number of carbonyl (C=O) groups excluding carboxylic acids is 1. The van der Waals surface area contributed by atoms with Crippen LogP contribution in [0.2, 0.25) is 5.02 Å². The SMILES string of the molecule is CNC(C)CNC(=O)COc1ccc(Cl)c(C)c1.Cl. The van der Waals surface area contributed by atoms with Crippen molar-refractivity contribution >= 4 is 29.9 Å². The van der Waals surface area contributed by atoms with E-state index < -0.39 is 0 Å². The average Bonchev–Trinajstić information content (AvgIpc) is 2.37. The van der Waals surface area contributed by atoms with Gasteiger partial charge in [0.15, 0.2) is 6.61 Å². The van der Waals surface area contributed by atoms with Crippen LogP contribution in [0.1, 0.15) is 12.5 Å². The molecule has 1 aromatic rings. The van der Waals surface area contributed by atoms with E-state index in [2.05, 4.69) is 10.6 Å². The van der Waals surface area contributed by atoms with Gasteiger partial charge >= 0.3 is 0 Å². The highest BCUT2D eigenvalue weighted by atomic mass is 35.5. The first-order chi connectivity index (χ1) is 8.52. The number of ether oxygens (including phenoxy) is 1. The van der Waals surface area contributed by atoms with E-state index in [0.29, 0.717) is 17.3 Å². The number of halogens is 2. The highest BCUT2D eigenvalue weighted by molar-refractivity contribution is 6.31. The van der Waals surface area contributed by atoms with Gasteiger partial charge in [-0.15, -0.1) is 12.4 Å². The zero-order valence-electron chi connectivity index (χ0n) is 11.3. The van der Waals surface area contributed by atoms with E-state index in [1.165, 1.54) is 0 Å². The van der Waals surface area contributed by atoms with Crippen LogP contribution in [0.15, 0.2) is 18.2 Å². The van der Waals surface area contributed by atoms with E-state index >= 15 is 0 Å². The van der Waals surface area contributed by atoms with Crippen molar-refractivity contribution in [2.45, 2.75) is 19.9 Å². The van der Waals surface area contributed by atoms with E-state index in [1.807, 2.05) is 27.0 Å². The average molecular weight is 307 g/mol. The Morgan fingerprint density at radius 2 is 2.16 bits per heavy atom. The fraction of sp³-hybridized carbons (Fsp3) is 0.462. The molecule has 0 heterocycles. The molecule has 0 saturated heterocycles. The van der Waals surface area contributed by atoms with Crippen LogP contribution in [0.5, 0.6) is 5.75 Å². The first kappa shape index (κ1) is 18.0. The Morgan fingerprint density at radius 3 is 2.74 bits per heavy atom. The maximum absolute atomic E-state index is 11.5. The van der Waals surface area contributed by atoms with Gasteiger partial charge in [-0.3, -0.25) is 4.79 Å². The molecule has 0 saturated carbocycles. The van der Waals surface area contributed by atoms with Crippen LogP contribution >= 0.6 is 24.0 Å². The fourth-order valence-corrected chi connectivity index (χ4v) is 1.39. The summed E-state index contributed by atoms with van der Waals surface area (Å²) < 4.78 is 5.38. The van der Waals surface area contributed by atoms with Crippen molar-refractivity contribution < 1.29 is 9.53 Å². The summed E-state index contributed by atoms with van der Waals surface area (Å²) in [5, 5.41) is 6.50. The summed E-state index contributed by atoms with van der Waals surface area (Å²) in [6, 6.07) is 5.56. The number of likely N-dealkylation sites (N-methyl/N-ethyl adjacent to an activating group) is 1. The summed E-state index contributed by atoms with van der Waals surface area (Å²) in [4.78, 5) is 11.5. The van der Waals surface area contributed by atoms with Gasteiger partial charge in [-0.05, 0) is 44.7 Å². The van der Waals surface area contributed by atoms with E-state index in [-0.39, 0.29) is 31.0 Å². The Hall–Kier alpha value is -0.970. The minimum absolute atomic E-state index is 0. The maximum Gasteiger partial charge on any atom is 0.257 e. The van der Waals surface area contributed by atoms with Gasteiger partial charge in [0.2, 0.25) is 0 Å². The maximum atomic E-state index is 11.5. The molecule has 108 valence electrons. The topological polar surface area (TPSA) is 50.4 Å². The minimum Gasteiger partial charge on any atom is -0.484 e. The Kier molecular flexibility index (Phi) is 8.56. The Labute approximate surface area is 125 Å². The fourth-order valence-electron chi connectivity index (χ4n) is 1.28. The molecule has 0 spiro atoms. The lowest BCUT2D eigenvalue weighted by Crippen LogP contribution is -2.39. The molecule has 0 fully saturated rings. The first-order valence-electron chi connectivity index (χ1n) is 5.86. The van der Waals surface area contributed by atoms with Crippen molar-refractivity contribution in [2.24, 2.45) is 0 Å². The molecule has 6 heteroatoms. The third kappa shape index (κ3) is 6.66. The first-order valence-corrected chi connectivity index (χ1v) is 6.23. The molecule has 1 amide bonds. The van der Waals surface area contributed by atoms with Crippen LogP contribution in [0.3, 0.4) is 0 Å². The number of carbonyl (C=O) groups is 1. The van der Waals surface area contributed by atoms with Crippen LogP contribution < -0.4 is 15.4 Å². The number of nitrogens with one attached hydrogen (secondary N) is 2. The summed E-state index contributed by atoms with van der Waals surface area (Å²) in [5.41, 5.74) is 0.929. The summed E-state index contributed by atoms with van der Waals surface area (Å²) in [6.07, 6.45) is 0. The summed E-state index contributed by atoms with van der Waals surface area (Å²) in [7, 11) is 1.85. The molecule has 1 aromatic carbocycles. The van der Waals surface area contributed by atoms with Crippen LogP contribution in [-0.4, -0.2) is 32.1 Å². The van der Waals surface area contributed by atoms with E-state index in [0.717, 1.165) is 5.56 Å². The molecule has 4 nitrogen and oxygen atoms in total. The molecule has 19 heavy (non-hydrogen) atoms. The molecule has 0 aliphatic rings. The number of hydrogen-bond donors (Lipinski definition) is 2. The molecule has 1 unspecified atom stereocenters. The summed E-state index contributed by atoms with van der Waals surface area (Å²) in [5.74, 6) is 0.512. The van der Waals surface area contributed by atoms with Crippen molar-refractivity contribution in [3.8, 4) is 5.75 Å². The van der Waals surface area contributed by atoms with Crippen molar-refractivity contribution in [3.63, 3.8) is 0 Å². The lowest BCUT2D eigenvalue weighted by molar-refractivity contribution is -0.123. The van der Waals surface area contributed by atoms with Crippen LogP contribution in [0.25, 0.3) is 0 Å². The molecule has 1 rings (SSSR count). The zero-order valence-corrected chi connectivity index (χ0v) is 12.9. The molecular formula is C13H20Cl2N2O2. The second-order valence-corrected chi connectivity index (χ2v) is 4.60. The van der Waals surface area contributed by atoms with Gasteiger partial charge in [0, 0.05) is 17.6 Å². The molecule has 2 N–H and O–H groups in total. The third-order valence-corrected chi connectivity index (χ3v) is 3.02. The van der Waals surface area contributed by atoms with E-state index in [1.54, 1.807) is 12.1 Å². The second-order valence-electron chi connectivity index (χ2n) is 4.19. The smallest absolute Gasteiger partial charge is 0.257 e. The van der Waals surface area contributed by atoms with Crippen molar-refractivity contribution in [1.82, 2.24) is 10.6 Å². The van der Waals surface area contributed by atoms with Crippen molar-refractivity contribution in [2.75, 3.05) is 20.2 Å². The van der Waals surface area contributed by atoms with Crippen LogP contribution in [0, 0.1) is 6.92 Å². The van der Waals surface area contributed by atoms with E-state index in [9.17, 15) is 4.79 Å². The Morgan fingerprint density at radius 1 is 1.47 bits per heavy atom. The van der Waals surface area contributed by atoms with Gasteiger partial charge in [-0.2, -0.15) is 0 Å². The number of amides is 1. The lowest BCUT2D eigenvalue weighted by Gasteiger charge is -2.12. The van der Waals surface area contributed by atoms with Crippen LogP contribution in [-0.2, 0) is 4.79 Å². The molecule has 1 atom stereocenters. The van der Waals surface area contributed by atoms with Gasteiger partial charge in [-0.1, -0.05) is 11.6 Å². The van der Waals surface area contributed by atoms with Crippen LogP contribution in [0.4, 0.5) is 0 Å². The molecule has 0 aromatic heterocycles. The molecule has 0 radical (unpaired) electrons. The zero-order chi connectivity index (χ0) is 13.5.